The Morgan fingerprint density at radius 3 is 0.625 bits per heavy atom. The monoisotopic (exact) mass is 1000 g/mol. The summed E-state index contributed by atoms with van der Waals surface area (Å²) in [6, 6.07) is 54.6. The number of thiophene rings is 1. The lowest BCUT2D eigenvalue weighted by atomic mass is 10.2. The largest absolute Gasteiger partial charge is 0.456 e. The van der Waals surface area contributed by atoms with Crippen LogP contribution in [0.5, 0.6) is 0 Å². The second kappa shape index (κ2) is 54.7. The highest BCUT2D eigenvalue weighted by Gasteiger charge is 2.06. The van der Waals surface area contributed by atoms with Crippen LogP contribution in [0, 0.1) is 13.8 Å². The summed E-state index contributed by atoms with van der Waals surface area (Å²) in [5.41, 5.74) is 7.12. The minimum absolute atomic E-state index is 0.962. The summed E-state index contributed by atoms with van der Waals surface area (Å²) < 4.78 is 10.1. The quantitative estimate of drug-likeness (QED) is 0.148. The smallest absolute Gasteiger partial charge is 0.135 e. The van der Waals surface area contributed by atoms with Crippen LogP contribution in [0.2, 0.25) is 0 Å². The van der Waals surface area contributed by atoms with Crippen LogP contribution in [0.15, 0.2) is 162 Å². The van der Waals surface area contributed by atoms with Crippen molar-refractivity contribution in [3.05, 3.63) is 167 Å². The number of hydrogen-bond acceptors (Lipinski definition) is 2. The second-order valence-corrected chi connectivity index (χ2v) is 13.4. The molecule has 6 aromatic carbocycles. The Bertz CT molecular complexity index is 2350. The first-order valence-corrected chi connectivity index (χ1v) is 29.0. The predicted molar refractivity (Wildman–Crippen MR) is 345 cm³/mol. The number of rotatable bonds is 0. The molecule has 0 saturated heterocycles. The lowest BCUT2D eigenvalue weighted by Gasteiger charge is -1.95. The highest BCUT2D eigenvalue weighted by Crippen LogP contribution is 2.29. The van der Waals surface area contributed by atoms with E-state index in [0.717, 1.165) is 11.2 Å². The maximum absolute atomic E-state index is 5.65. The Kier molecular flexibility index (Phi) is 59.2. The average Bonchev–Trinajstić information content (AvgIpc) is 4.25. The van der Waals surface area contributed by atoms with Gasteiger partial charge in [0.25, 0.3) is 0 Å². The number of furan rings is 1. The third-order valence-corrected chi connectivity index (χ3v) is 9.72. The molecule has 10 rings (SSSR count). The maximum Gasteiger partial charge on any atom is 0.135 e. The molecule has 0 unspecified atom stereocenters. The van der Waals surface area contributed by atoms with E-state index in [1.165, 1.54) is 64.1 Å². The summed E-state index contributed by atoms with van der Waals surface area (Å²) in [6.45, 7) is 52.2. The van der Waals surface area contributed by atoms with Gasteiger partial charge in [0.05, 0.1) is 0 Å². The number of aryl methyl sites for hydroxylation is 4. The first-order valence-electron chi connectivity index (χ1n) is 28.2. The summed E-state index contributed by atoms with van der Waals surface area (Å²) in [6.07, 6.45) is 0. The van der Waals surface area contributed by atoms with Crippen molar-refractivity contribution < 1.29 is 4.42 Å². The molecular weight excluding hydrogens is 893 g/mol. The van der Waals surface area contributed by atoms with E-state index < -0.39 is 0 Å². The van der Waals surface area contributed by atoms with Crippen LogP contribution in [-0.2, 0) is 14.1 Å². The van der Waals surface area contributed by atoms with Gasteiger partial charge in [-0.2, -0.15) is 0 Å². The first kappa shape index (κ1) is 77.9. The van der Waals surface area contributed by atoms with E-state index in [1.54, 1.807) is 0 Å². The van der Waals surface area contributed by atoms with Gasteiger partial charge in [-0.3, -0.25) is 0 Å². The van der Waals surface area contributed by atoms with Crippen molar-refractivity contribution in [3.63, 3.8) is 0 Å². The molecular formula is C68H110N2OS. The van der Waals surface area contributed by atoms with Crippen molar-refractivity contribution >= 4 is 76.9 Å². The average molecular weight is 1000 g/mol. The molecule has 4 heterocycles. The van der Waals surface area contributed by atoms with Gasteiger partial charge >= 0.3 is 0 Å². The molecule has 10 aromatic rings. The zero-order valence-electron chi connectivity index (χ0n) is 51.7. The topological polar surface area (TPSA) is 23.0 Å². The van der Waals surface area contributed by atoms with Crippen LogP contribution < -0.4 is 0 Å². The zero-order chi connectivity index (χ0) is 57.0. The number of para-hydroxylation sites is 6. The van der Waals surface area contributed by atoms with Crippen LogP contribution >= 0.6 is 11.3 Å². The fourth-order valence-electron chi connectivity index (χ4n) is 6.47. The molecule has 0 amide bonds. The Morgan fingerprint density at radius 1 is 0.250 bits per heavy atom. The van der Waals surface area contributed by atoms with Crippen molar-refractivity contribution in [2.75, 3.05) is 0 Å². The molecule has 404 valence electrons. The van der Waals surface area contributed by atoms with Crippen LogP contribution in [0.4, 0.5) is 0 Å². The maximum atomic E-state index is 5.65. The van der Waals surface area contributed by atoms with Gasteiger partial charge in [-0.1, -0.05) is 275 Å². The molecule has 0 N–H and O–H groups in total. The summed E-state index contributed by atoms with van der Waals surface area (Å²) in [5, 5.41) is 7.74. The Balaban J connectivity index is -0.000000179. The van der Waals surface area contributed by atoms with Crippen molar-refractivity contribution in [1.82, 2.24) is 9.13 Å². The van der Waals surface area contributed by atoms with E-state index in [1.807, 2.05) is 214 Å². The fourth-order valence-corrected chi connectivity index (χ4v) is 7.25. The van der Waals surface area contributed by atoms with Gasteiger partial charge in [0, 0.05) is 78.2 Å². The van der Waals surface area contributed by atoms with Gasteiger partial charge in [-0.05, 0) is 62.4 Å². The summed E-state index contributed by atoms with van der Waals surface area (Å²) >= 11 is 1.84. The number of aromatic nitrogens is 2. The van der Waals surface area contributed by atoms with Gasteiger partial charge in [0.2, 0.25) is 0 Å². The summed E-state index contributed by atoms with van der Waals surface area (Å²) in [5.74, 6) is 0. The highest BCUT2D eigenvalue weighted by atomic mass is 32.1. The molecule has 3 nitrogen and oxygen atoms in total. The van der Waals surface area contributed by atoms with Crippen molar-refractivity contribution in [2.45, 2.75) is 180 Å². The van der Waals surface area contributed by atoms with Gasteiger partial charge < -0.3 is 13.6 Å². The molecule has 0 radical (unpaired) electrons. The lowest BCUT2D eigenvalue weighted by Crippen LogP contribution is -1.84. The molecule has 0 bridgehead atoms. The Morgan fingerprint density at radius 2 is 0.431 bits per heavy atom. The first-order chi connectivity index (χ1) is 35.5. The van der Waals surface area contributed by atoms with Crippen LogP contribution in [0.1, 0.15) is 176 Å². The molecule has 4 aromatic heterocycles. The lowest BCUT2D eigenvalue weighted by molar-refractivity contribution is 0.669. The van der Waals surface area contributed by atoms with Crippen LogP contribution in [-0.4, -0.2) is 9.13 Å². The van der Waals surface area contributed by atoms with E-state index in [9.17, 15) is 0 Å². The third-order valence-electron chi connectivity index (χ3n) is 8.80. The molecule has 0 fully saturated rings. The summed E-state index contributed by atoms with van der Waals surface area (Å²) in [7, 11) is 4.23. The molecule has 0 aliphatic heterocycles. The molecule has 0 saturated carbocycles. The zero-order valence-corrected chi connectivity index (χ0v) is 52.5. The van der Waals surface area contributed by atoms with Gasteiger partial charge in [-0.25, -0.2) is 0 Å². The number of hydrogen-bond donors (Lipinski definition) is 0. The van der Waals surface area contributed by atoms with Crippen molar-refractivity contribution in [1.29, 1.82) is 0 Å². The number of fused-ring (bicyclic) bond motifs is 9. The minimum atomic E-state index is 0.962. The van der Waals surface area contributed by atoms with E-state index in [2.05, 4.69) is 158 Å². The molecule has 0 aliphatic rings. The standard InChI is InChI=1S/2C13H11N.C12H8O.C6H8S.12C2H6/c2*1-14-12-8-4-2-6-10(12)11-7-3-5-9-13(11)14;1-3-7-11-9(5-1)10-6-2-4-8-12(10)13-11;1-5-3-4-6(2)7-5;12*1-2/h2*2-9H,1H3;1-8H;3-4H,1-2H3;12*1-2H3. The second-order valence-electron chi connectivity index (χ2n) is 11.9. The van der Waals surface area contributed by atoms with Crippen molar-refractivity contribution in [2.24, 2.45) is 14.1 Å². The van der Waals surface area contributed by atoms with E-state index in [-0.39, 0.29) is 0 Å². The van der Waals surface area contributed by atoms with Gasteiger partial charge in [-0.15, -0.1) is 11.3 Å². The van der Waals surface area contributed by atoms with E-state index in [0.29, 0.717) is 0 Å². The van der Waals surface area contributed by atoms with Crippen LogP contribution in [0.25, 0.3) is 65.6 Å². The van der Waals surface area contributed by atoms with Crippen molar-refractivity contribution in [3.8, 4) is 0 Å². The highest BCUT2D eigenvalue weighted by molar-refractivity contribution is 7.11. The van der Waals surface area contributed by atoms with E-state index in [4.69, 9.17) is 4.42 Å². The fraction of sp³-hybridized carbons (Fsp3) is 0.412. The SMILES string of the molecule is CC.CC.CC.CC.CC.CC.CC.CC.CC.CC.CC.CC.Cc1ccc(C)s1.Cn1c2ccccc2c2ccccc21.Cn1c2ccccc2c2ccccc21.c1ccc2c(c1)oc1ccccc12. The number of benzene rings is 6. The molecule has 72 heavy (non-hydrogen) atoms. The molecule has 0 spiro atoms. The Labute approximate surface area is 449 Å². The van der Waals surface area contributed by atoms with Gasteiger partial charge in [0.1, 0.15) is 11.2 Å². The molecule has 0 atom stereocenters. The third kappa shape index (κ3) is 25.2. The normalized spacial score (nSPS) is 8.28. The molecule has 4 heteroatoms. The van der Waals surface area contributed by atoms with E-state index >= 15 is 0 Å². The number of nitrogens with zero attached hydrogens (tertiary/aromatic N) is 2. The Hall–Kier alpha value is -5.58. The predicted octanol–water partition coefficient (Wildman–Crippen LogP) is 24.9. The summed E-state index contributed by atoms with van der Waals surface area (Å²) in [4.78, 5) is 2.80. The molecule has 0 aliphatic carbocycles. The van der Waals surface area contributed by atoms with Crippen LogP contribution in [0.3, 0.4) is 0 Å². The van der Waals surface area contributed by atoms with Gasteiger partial charge in [0.15, 0.2) is 0 Å². The minimum Gasteiger partial charge on any atom is -0.456 e.